The van der Waals surface area contributed by atoms with E-state index in [1.54, 1.807) is 37.4 Å². The number of fused-ring (bicyclic) bond motifs is 1. The van der Waals surface area contributed by atoms with E-state index in [0.29, 0.717) is 16.7 Å². The Bertz CT molecular complexity index is 1200. The molecule has 0 radical (unpaired) electrons. The van der Waals surface area contributed by atoms with Crippen LogP contribution < -0.4 is 15.6 Å². The minimum Gasteiger partial charge on any atom is -0.506 e. The van der Waals surface area contributed by atoms with Crippen molar-refractivity contribution in [2.24, 2.45) is 7.05 Å². The molecule has 0 saturated carbocycles. The second kappa shape index (κ2) is 10.00. The quantitative estimate of drug-likeness (QED) is 0.473. The highest BCUT2D eigenvalue weighted by Crippen LogP contribution is 2.27. The van der Waals surface area contributed by atoms with Crippen molar-refractivity contribution in [2.75, 3.05) is 6.61 Å². The number of carboxylic acids is 1. The molecule has 0 saturated heterocycles. The molecule has 8 heteroatoms. The number of nitrogens with zero attached hydrogens (tertiary/aromatic N) is 1. The number of amides is 1. The van der Waals surface area contributed by atoms with E-state index in [0.717, 1.165) is 30.4 Å². The summed E-state index contributed by atoms with van der Waals surface area (Å²) >= 11 is 0. The monoisotopic (exact) mass is 438 g/mol. The zero-order chi connectivity index (χ0) is 23.3. The van der Waals surface area contributed by atoms with Crippen molar-refractivity contribution in [3.63, 3.8) is 0 Å². The molecule has 3 N–H and O–H groups in total. The van der Waals surface area contributed by atoms with Crippen molar-refractivity contribution in [3.8, 4) is 11.5 Å². The first-order chi connectivity index (χ1) is 15.3. The van der Waals surface area contributed by atoms with E-state index < -0.39 is 24.0 Å². The highest BCUT2D eigenvalue weighted by atomic mass is 16.5. The fourth-order valence-corrected chi connectivity index (χ4v) is 3.44. The van der Waals surface area contributed by atoms with Gasteiger partial charge in [-0.05, 0) is 48.2 Å². The number of rotatable bonds is 9. The Balaban J connectivity index is 1.81. The van der Waals surface area contributed by atoms with E-state index in [4.69, 9.17) is 9.84 Å². The number of nitrogens with one attached hydrogen (secondary N) is 1. The van der Waals surface area contributed by atoms with Gasteiger partial charge < -0.3 is 24.8 Å². The van der Waals surface area contributed by atoms with E-state index in [1.807, 2.05) is 12.1 Å². The van der Waals surface area contributed by atoms with Gasteiger partial charge in [0.25, 0.3) is 11.5 Å². The van der Waals surface area contributed by atoms with Gasteiger partial charge in [-0.1, -0.05) is 31.5 Å². The fraction of sp³-hybridized carbons (Fsp3) is 0.292. The van der Waals surface area contributed by atoms with Crippen LogP contribution in [0.1, 0.15) is 41.3 Å². The molecule has 0 atom stereocenters. The Morgan fingerprint density at radius 1 is 1.09 bits per heavy atom. The van der Waals surface area contributed by atoms with E-state index >= 15 is 0 Å². The van der Waals surface area contributed by atoms with Gasteiger partial charge in [0, 0.05) is 19.0 Å². The number of hydrogen-bond donors (Lipinski definition) is 3. The van der Waals surface area contributed by atoms with Crippen LogP contribution in [0.15, 0.2) is 47.3 Å². The Morgan fingerprint density at radius 2 is 1.78 bits per heavy atom. The van der Waals surface area contributed by atoms with Crippen LogP contribution in [0.4, 0.5) is 0 Å². The lowest BCUT2D eigenvalue weighted by Crippen LogP contribution is -2.32. The highest BCUT2D eigenvalue weighted by Gasteiger charge is 2.21. The van der Waals surface area contributed by atoms with Gasteiger partial charge >= 0.3 is 5.97 Å². The third-order valence-electron chi connectivity index (χ3n) is 5.22. The maximum Gasteiger partial charge on any atom is 0.341 e. The average Bonchev–Trinajstić information content (AvgIpc) is 2.79. The summed E-state index contributed by atoms with van der Waals surface area (Å²) in [6.45, 7) is 1.78. The zero-order valence-electron chi connectivity index (χ0n) is 18.1. The first-order valence-corrected chi connectivity index (χ1v) is 10.4. The standard InChI is InChI=1S/C24H26N2O6/c1-3-4-5-15-8-11-19-18(12-15)22(29)21(24(31)26(19)2)23(30)25-13-16-6-9-17(10-7-16)32-14-20(27)28/h6-12,29H,3-5,13-14H2,1-2H3,(H,25,30)(H,27,28). The molecule has 32 heavy (non-hydrogen) atoms. The van der Waals surface area contributed by atoms with Crippen LogP contribution in [0, 0.1) is 0 Å². The highest BCUT2D eigenvalue weighted by molar-refractivity contribution is 6.02. The summed E-state index contributed by atoms with van der Waals surface area (Å²) in [5, 5.41) is 22.5. The molecular weight excluding hydrogens is 412 g/mol. The van der Waals surface area contributed by atoms with Crippen LogP contribution in [0.25, 0.3) is 10.9 Å². The van der Waals surface area contributed by atoms with Crippen molar-refractivity contribution < 1.29 is 24.5 Å². The number of benzene rings is 2. The first kappa shape index (κ1) is 22.9. The molecule has 3 rings (SSSR count). The normalized spacial score (nSPS) is 10.8. The van der Waals surface area contributed by atoms with Gasteiger partial charge in [0.05, 0.1) is 5.52 Å². The molecule has 0 spiro atoms. The maximum atomic E-state index is 12.8. The smallest absolute Gasteiger partial charge is 0.341 e. The number of carbonyl (C=O) groups is 2. The first-order valence-electron chi connectivity index (χ1n) is 10.4. The van der Waals surface area contributed by atoms with Crippen LogP contribution in [0.3, 0.4) is 0 Å². The van der Waals surface area contributed by atoms with Crippen LogP contribution in [0.5, 0.6) is 11.5 Å². The molecule has 1 amide bonds. The largest absolute Gasteiger partial charge is 0.506 e. The molecule has 3 aromatic rings. The second-order valence-corrected chi connectivity index (χ2v) is 7.55. The fourth-order valence-electron chi connectivity index (χ4n) is 3.44. The lowest BCUT2D eigenvalue weighted by molar-refractivity contribution is -0.139. The third kappa shape index (κ3) is 5.08. The molecule has 0 aliphatic heterocycles. The maximum absolute atomic E-state index is 12.8. The summed E-state index contributed by atoms with van der Waals surface area (Å²) in [5.74, 6) is -1.68. The van der Waals surface area contributed by atoms with Gasteiger partial charge in [0.2, 0.25) is 0 Å². The lowest BCUT2D eigenvalue weighted by atomic mass is 10.0. The van der Waals surface area contributed by atoms with Gasteiger partial charge in [0.15, 0.2) is 6.61 Å². The van der Waals surface area contributed by atoms with Crippen LogP contribution in [-0.4, -0.2) is 33.3 Å². The Labute approximate surface area is 185 Å². The number of pyridine rings is 1. The predicted molar refractivity (Wildman–Crippen MR) is 120 cm³/mol. The average molecular weight is 438 g/mol. The van der Waals surface area contributed by atoms with Crippen molar-refractivity contribution in [1.29, 1.82) is 0 Å². The van der Waals surface area contributed by atoms with Crippen molar-refractivity contribution in [1.82, 2.24) is 9.88 Å². The minimum atomic E-state index is -1.07. The van der Waals surface area contributed by atoms with E-state index in [9.17, 15) is 19.5 Å². The number of ether oxygens (including phenoxy) is 1. The molecule has 0 bridgehead atoms. The Morgan fingerprint density at radius 3 is 2.44 bits per heavy atom. The molecule has 0 aliphatic rings. The van der Waals surface area contributed by atoms with Crippen molar-refractivity contribution in [2.45, 2.75) is 32.7 Å². The molecular formula is C24H26N2O6. The zero-order valence-corrected chi connectivity index (χ0v) is 18.1. The number of hydrogen-bond acceptors (Lipinski definition) is 5. The molecule has 168 valence electrons. The second-order valence-electron chi connectivity index (χ2n) is 7.55. The summed E-state index contributed by atoms with van der Waals surface area (Å²) in [5.41, 5.74) is 1.44. The van der Waals surface area contributed by atoms with Gasteiger partial charge in [-0.2, -0.15) is 0 Å². The third-order valence-corrected chi connectivity index (χ3v) is 5.22. The van der Waals surface area contributed by atoms with Gasteiger partial charge in [-0.15, -0.1) is 0 Å². The summed E-state index contributed by atoms with van der Waals surface area (Å²) in [6, 6.07) is 12.1. The number of carbonyl (C=O) groups excluding carboxylic acids is 1. The number of aromatic nitrogens is 1. The summed E-state index contributed by atoms with van der Waals surface area (Å²) in [7, 11) is 1.57. The Kier molecular flexibility index (Phi) is 7.14. The number of carboxylic acid groups (broad SMARTS) is 1. The molecule has 0 unspecified atom stereocenters. The van der Waals surface area contributed by atoms with E-state index in [-0.39, 0.29) is 17.9 Å². The lowest BCUT2D eigenvalue weighted by Gasteiger charge is -2.13. The van der Waals surface area contributed by atoms with Gasteiger partial charge in [-0.3, -0.25) is 9.59 Å². The van der Waals surface area contributed by atoms with Gasteiger partial charge in [0.1, 0.15) is 17.1 Å². The molecule has 8 nitrogen and oxygen atoms in total. The number of unbranched alkanes of at least 4 members (excludes halogenated alkanes) is 1. The van der Waals surface area contributed by atoms with Crippen molar-refractivity contribution >= 4 is 22.8 Å². The van der Waals surface area contributed by atoms with Crippen LogP contribution in [0.2, 0.25) is 0 Å². The topological polar surface area (TPSA) is 118 Å². The van der Waals surface area contributed by atoms with Gasteiger partial charge in [-0.25, -0.2) is 4.79 Å². The summed E-state index contributed by atoms with van der Waals surface area (Å²) in [6.07, 6.45) is 2.89. The summed E-state index contributed by atoms with van der Waals surface area (Å²) < 4.78 is 6.44. The Hall–Kier alpha value is -3.81. The van der Waals surface area contributed by atoms with E-state index in [1.165, 1.54) is 4.57 Å². The molecule has 1 aromatic heterocycles. The number of aliphatic carboxylic acids is 1. The minimum absolute atomic E-state index is 0.120. The van der Waals surface area contributed by atoms with Crippen molar-refractivity contribution in [3.05, 3.63) is 69.5 Å². The van der Waals surface area contributed by atoms with Crippen LogP contribution >= 0.6 is 0 Å². The molecule has 1 heterocycles. The molecule has 0 aliphatic carbocycles. The molecule has 2 aromatic carbocycles. The number of aromatic hydroxyl groups is 1. The SMILES string of the molecule is CCCCc1ccc2c(c1)c(O)c(C(=O)NCc1ccc(OCC(=O)O)cc1)c(=O)n2C. The van der Waals surface area contributed by atoms with E-state index in [2.05, 4.69) is 12.2 Å². The predicted octanol–water partition coefficient (Wildman–Crippen LogP) is 2.98. The van der Waals surface area contributed by atoms with Crippen LogP contribution in [-0.2, 0) is 24.8 Å². The molecule has 0 fully saturated rings. The summed E-state index contributed by atoms with van der Waals surface area (Å²) in [4.78, 5) is 36.1. The number of aryl methyl sites for hydroxylation is 2.